The Bertz CT molecular complexity index is 1480. The van der Waals surface area contributed by atoms with Crippen molar-refractivity contribution in [3.05, 3.63) is 0 Å². The van der Waals surface area contributed by atoms with E-state index in [0.29, 0.717) is 0 Å². The SMILES string of the molecule is CCOC(=S)S[C@H]1O[C@H](COC(C)=O)[C@H](OC(C)=O)[C@@H]2O[C@]3(C[C@@H](OC(C)=O)[C@H](NC(C)=O)[C@@H]([C@H](OC(C)=O)[C@@H](COC(C)=O)OC(C)=O)O3)C(=O)N[C@H]21. The van der Waals surface area contributed by atoms with Crippen LogP contribution in [-0.4, -0.2) is 138 Å². The molecule has 2 amide bonds. The van der Waals surface area contributed by atoms with Crippen LogP contribution in [0.1, 0.15) is 61.8 Å². The number of morpholine rings is 1. The van der Waals surface area contributed by atoms with Crippen LogP contribution in [0.3, 0.4) is 0 Å². The zero-order valence-corrected chi connectivity index (χ0v) is 32.4. The predicted molar refractivity (Wildman–Crippen MR) is 183 cm³/mol. The number of ether oxygens (including phenoxy) is 10. The molecule has 3 heterocycles. The van der Waals surface area contributed by atoms with Crippen molar-refractivity contribution >= 4 is 76.0 Å². The van der Waals surface area contributed by atoms with Gasteiger partial charge in [0.25, 0.3) is 11.7 Å². The number of rotatable bonds is 13. The lowest BCUT2D eigenvalue weighted by molar-refractivity contribution is -0.347. The van der Waals surface area contributed by atoms with Gasteiger partial charge in [0.05, 0.1) is 25.1 Å². The molecule has 0 unspecified atom stereocenters. The summed E-state index contributed by atoms with van der Waals surface area (Å²) in [4.78, 5) is 100. The van der Waals surface area contributed by atoms with Crippen molar-refractivity contribution in [1.82, 2.24) is 10.6 Å². The topological polar surface area (TPSA) is 253 Å². The van der Waals surface area contributed by atoms with E-state index in [1.807, 2.05) is 0 Å². The molecule has 3 rings (SSSR count). The molecular weight excluding hydrogens is 764 g/mol. The molecule has 2 N–H and O–H groups in total. The smallest absolute Gasteiger partial charge is 0.303 e. The Balaban J connectivity index is 2.24. The first-order valence-corrected chi connectivity index (χ1v) is 17.9. The van der Waals surface area contributed by atoms with Crippen LogP contribution in [0, 0.1) is 0 Å². The molecule has 0 aromatic heterocycles. The van der Waals surface area contributed by atoms with E-state index in [2.05, 4.69) is 10.6 Å². The maximum absolute atomic E-state index is 14.4. The number of thiocarbonyl (C=S) groups is 1. The van der Waals surface area contributed by atoms with Crippen LogP contribution in [-0.2, 0) is 85.7 Å². The molecule has 3 aliphatic rings. The number of carbonyl (C=O) groups excluding carboxylic acids is 8. The van der Waals surface area contributed by atoms with Crippen LogP contribution in [0.15, 0.2) is 0 Å². The van der Waals surface area contributed by atoms with Crippen molar-refractivity contribution in [2.75, 3.05) is 19.8 Å². The van der Waals surface area contributed by atoms with E-state index in [1.165, 1.54) is 0 Å². The highest BCUT2D eigenvalue weighted by Crippen LogP contribution is 2.43. The first-order chi connectivity index (χ1) is 25.3. The van der Waals surface area contributed by atoms with E-state index in [4.69, 9.17) is 59.6 Å². The third-order valence-corrected chi connectivity index (χ3v) is 9.20. The number of carbonyl (C=O) groups is 8. The van der Waals surface area contributed by atoms with Crippen LogP contribution in [0.25, 0.3) is 0 Å². The highest BCUT2D eigenvalue weighted by molar-refractivity contribution is 8.22. The molecule has 20 nitrogen and oxygen atoms in total. The molecule has 0 radical (unpaired) electrons. The fourth-order valence-corrected chi connectivity index (χ4v) is 7.42. The van der Waals surface area contributed by atoms with E-state index >= 15 is 0 Å². The minimum atomic E-state index is -2.50. The average Bonchev–Trinajstić information content (AvgIpc) is 3.03. The van der Waals surface area contributed by atoms with Crippen molar-refractivity contribution < 1.29 is 85.7 Å². The molecule has 3 aliphatic heterocycles. The standard InChI is InChI=1S/C32H44N2O18S2/c1-9-43-31(53)54-29-24-28(26(49-19(8)41)22(50-29)12-45-15(4)37)52-32(30(42)34-24)10-20(46-16(5)38)23(33-13(2)35)27(51-32)25(48-18(7)40)21(47-17(6)39)11-44-14(3)36/h20-29H,9-12H2,1-8H3,(H,33,35)(H,34,42)/t20-,21-,22-,23+,24-,25-,26+,27+,28-,29-,32-/m1/s1. The van der Waals surface area contributed by atoms with Crippen molar-refractivity contribution in [3.8, 4) is 0 Å². The number of thioether (sulfide) groups is 1. The number of nitrogens with one attached hydrogen (secondary N) is 2. The highest BCUT2D eigenvalue weighted by Gasteiger charge is 2.65. The minimum absolute atomic E-state index is 0.0172. The second-order valence-electron chi connectivity index (χ2n) is 12.2. The summed E-state index contributed by atoms with van der Waals surface area (Å²) in [6.45, 7) is 8.29. The number of hydrogen-bond acceptors (Lipinski definition) is 20. The van der Waals surface area contributed by atoms with Gasteiger partial charge in [0.1, 0.15) is 43.1 Å². The largest absolute Gasteiger partial charge is 0.479 e. The summed E-state index contributed by atoms with van der Waals surface area (Å²) < 4.78 is 57.0. The summed E-state index contributed by atoms with van der Waals surface area (Å²) >= 11 is 6.19. The quantitative estimate of drug-likeness (QED) is 0.135. The Morgan fingerprint density at radius 3 is 2.04 bits per heavy atom. The molecule has 0 aromatic rings. The van der Waals surface area contributed by atoms with Crippen molar-refractivity contribution in [3.63, 3.8) is 0 Å². The summed E-state index contributed by atoms with van der Waals surface area (Å²) in [5, 5.41) is 5.34. The van der Waals surface area contributed by atoms with Crippen LogP contribution in [0.2, 0.25) is 0 Å². The Morgan fingerprint density at radius 1 is 0.870 bits per heavy atom. The van der Waals surface area contributed by atoms with Gasteiger partial charge in [0.15, 0.2) is 18.3 Å². The van der Waals surface area contributed by atoms with E-state index in [9.17, 15) is 38.4 Å². The zero-order valence-electron chi connectivity index (χ0n) is 30.8. The van der Waals surface area contributed by atoms with Crippen molar-refractivity contribution in [2.24, 2.45) is 0 Å². The summed E-state index contributed by atoms with van der Waals surface area (Å²) in [5.41, 5.74) is -1.09. The molecule has 0 aliphatic carbocycles. The average molecular weight is 809 g/mol. The van der Waals surface area contributed by atoms with Crippen LogP contribution < -0.4 is 10.6 Å². The van der Waals surface area contributed by atoms with Gasteiger partial charge < -0.3 is 58.0 Å². The monoisotopic (exact) mass is 808 g/mol. The summed E-state index contributed by atoms with van der Waals surface area (Å²) in [5.74, 6) is -9.21. The Kier molecular flexibility index (Phi) is 16.0. The van der Waals surface area contributed by atoms with Gasteiger partial charge in [0, 0.05) is 48.5 Å². The lowest BCUT2D eigenvalue weighted by Crippen LogP contribution is -2.77. The Morgan fingerprint density at radius 2 is 1.50 bits per heavy atom. The van der Waals surface area contributed by atoms with Crippen LogP contribution in [0.4, 0.5) is 0 Å². The number of hydrogen-bond donors (Lipinski definition) is 2. The van der Waals surface area contributed by atoms with Crippen molar-refractivity contribution in [1.29, 1.82) is 0 Å². The van der Waals surface area contributed by atoms with Crippen LogP contribution in [0.5, 0.6) is 0 Å². The predicted octanol–water partition coefficient (Wildman–Crippen LogP) is -0.508. The van der Waals surface area contributed by atoms with Gasteiger partial charge >= 0.3 is 35.8 Å². The van der Waals surface area contributed by atoms with Gasteiger partial charge in [0.2, 0.25) is 10.3 Å². The fraction of sp³-hybridized carbons (Fsp3) is 0.719. The number of fused-ring (bicyclic) bond motifs is 1. The minimum Gasteiger partial charge on any atom is -0.479 e. The van der Waals surface area contributed by atoms with E-state index in [-0.39, 0.29) is 11.0 Å². The van der Waals surface area contributed by atoms with E-state index < -0.39 is 133 Å². The van der Waals surface area contributed by atoms with Gasteiger partial charge in [-0.25, -0.2) is 0 Å². The van der Waals surface area contributed by atoms with Crippen LogP contribution >= 0.6 is 24.0 Å². The molecule has 22 heteroatoms. The lowest BCUT2D eigenvalue weighted by atomic mass is 9.85. The molecule has 3 fully saturated rings. The maximum Gasteiger partial charge on any atom is 0.303 e. The first kappa shape index (κ1) is 44.3. The van der Waals surface area contributed by atoms with Gasteiger partial charge in [-0.3, -0.25) is 38.4 Å². The molecule has 11 atom stereocenters. The number of esters is 6. The van der Waals surface area contributed by atoms with E-state index in [0.717, 1.165) is 60.2 Å². The first-order valence-electron chi connectivity index (χ1n) is 16.6. The zero-order chi connectivity index (χ0) is 40.5. The molecular formula is C32H44N2O18S2. The van der Waals surface area contributed by atoms with Gasteiger partial charge in [-0.1, -0.05) is 0 Å². The second-order valence-corrected chi connectivity index (χ2v) is 13.9. The van der Waals surface area contributed by atoms with Gasteiger partial charge in [-0.15, -0.1) is 0 Å². The lowest BCUT2D eigenvalue weighted by Gasteiger charge is -2.55. The van der Waals surface area contributed by atoms with Crippen molar-refractivity contribution in [2.45, 2.75) is 128 Å². The third kappa shape index (κ3) is 11.9. The summed E-state index contributed by atoms with van der Waals surface area (Å²) in [6, 6.07) is -2.58. The second kappa shape index (κ2) is 19.5. The third-order valence-electron chi connectivity index (χ3n) is 7.84. The molecule has 3 saturated heterocycles. The Hall–Kier alpha value is -4.12. The Labute approximate surface area is 319 Å². The molecule has 0 bridgehead atoms. The molecule has 0 saturated carbocycles. The summed E-state index contributed by atoms with van der Waals surface area (Å²) in [7, 11) is 0. The van der Waals surface area contributed by atoms with Gasteiger partial charge in [-0.2, -0.15) is 0 Å². The maximum atomic E-state index is 14.4. The highest BCUT2D eigenvalue weighted by atomic mass is 32.2. The molecule has 54 heavy (non-hydrogen) atoms. The van der Waals surface area contributed by atoms with Gasteiger partial charge in [-0.05, 0) is 30.9 Å². The molecule has 0 aromatic carbocycles. The fourth-order valence-electron chi connectivity index (χ4n) is 6.08. The number of amides is 2. The normalized spacial score (nSPS) is 29.8. The van der Waals surface area contributed by atoms with E-state index in [1.54, 1.807) is 6.92 Å². The molecule has 302 valence electrons. The molecule has 1 spiro atoms. The summed E-state index contributed by atoms with van der Waals surface area (Å²) in [6.07, 6.45) is -11.2.